The Morgan fingerprint density at radius 1 is 1.29 bits per heavy atom. The van der Waals surface area contributed by atoms with E-state index in [1.165, 1.54) is 0 Å². The zero-order chi connectivity index (χ0) is 19.5. The molecule has 7 nitrogen and oxygen atoms in total. The van der Waals surface area contributed by atoms with Gasteiger partial charge in [-0.15, -0.1) is 0 Å². The number of aryl methyl sites for hydroxylation is 1. The molecule has 1 saturated heterocycles. The van der Waals surface area contributed by atoms with E-state index in [1.807, 2.05) is 19.1 Å². The van der Waals surface area contributed by atoms with Gasteiger partial charge in [0.05, 0.1) is 29.1 Å². The van der Waals surface area contributed by atoms with Gasteiger partial charge in [-0.3, -0.25) is 14.6 Å². The maximum atomic E-state index is 13.1. The number of rotatable bonds is 5. The average molecular weight is 378 g/mol. The van der Waals surface area contributed by atoms with Crippen LogP contribution in [0.4, 0.5) is 0 Å². The molecule has 7 heteroatoms. The zero-order valence-electron chi connectivity index (χ0n) is 15.7. The van der Waals surface area contributed by atoms with Gasteiger partial charge in [0.1, 0.15) is 5.82 Å². The molecule has 1 atom stereocenters. The lowest BCUT2D eigenvalue weighted by molar-refractivity contribution is 0.0501. The fourth-order valence-corrected chi connectivity index (χ4v) is 3.42. The number of fused-ring (bicyclic) bond motifs is 1. The Bertz CT molecular complexity index is 1040. The Labute approximate surface area is 162 Å². The van der Waals surface area contributed by atoms with Gasteiger partial charge in [-0.1, -0.05) is 12.1 Å². The number of pyridine rings is 1. The number of ether oxygens (including phenoxy) is 1. The summed E-state index contributed by atoms with van der Waals surface area (Å²) in [6, 6.07) is 10.8. The number of carbonyl (C=O) groups excluding carboxylic acids is 1. The predicted molar refractivity (Wildman–Crippen MR) is 105 cm³/mol. The van der Waals surface area contributed by atoms with E-state index in [0.29, 0.717) is 35.4 Å². The number of nitrogens with zero attached hydrogens (tertiary/aromatic N) is 3. The number of nitrogens with one attached hydrogen (secondary N) is 1. The Morgan fingerprint density at radius 2 is 2.14 bits per heavy atom. The van der Waals surface area contributed by atoms with Gasteiger partial charge in [-0.2, -0.15) is 0 Å². The molecule has 0 bridgehead atoms. The smallest absolute Gasteiger partial charge is 0.258 e. The van der Waals surface area contributed by atoms with E-state index >= 15 is 0 Å². The molecule has 0 radical (unpaired) electrons. The first-order chi connectivity index (χ1) is 13.6. The maximum absolute atomic E-state index is 13.1. The first-order valence-corrected chi connectivity index (χ1v) is 9.41. The van der Waals surface area contributed by atoms with Crippen molar-refractivity contribution in [3.8, 4) is 0 Å². The van der Waals surface area contributed by atoms with Crippen LogP contribution in [0.15, 0.2) is 47.4 Å². The molecule has 144 valence electrons. The van der Waals surface area contributed by atoms with Gasteiger partial charge in [0.15, 0.2) is 0 Å². The van der Waals surface area contributed by atoms with E-state index in [1.54, 1.807) is 35.4 Å². The number of amides is 1. The van der Waals surface area contributed by atoms with Crippen molar-refractivity contribution in [3.63, 3.8) is 0 Å². The van der Waals surface area contributed by atoms with Crippen molar-refractivity contribution in [1.82, 2.24) is 19.9 Å². The second-order valence-corrected chi connectivity index (χ2v) is 7.04. The van der Waals surface area contributed by atoms with E-state index in [9.17, 15) is 9.59 Å². The molecule has 0 aliphatic carbocycles. The lowest BCUT2D eigenvalue weighted by Gasteiger charge is -2.25. The molecule has 0 spiro atoms. The highest BCUT2D eigenvalue weighted by molar-refractivity contribution is 5.94. The van der Waals surface area contributed by atoms with E-state index in [4.69, 9.17) is 4.74 Å². The third-order valence-electron chi connectivity index (χ3n) is 4.90. The van der Waals surface area contributed by atoms with Crippen LogP contribution in [0, 0.1) is 6.92 Å². The molecular weight excluding hydrogens is 356 g/mol. The lowest BCUT2D eigenvalue weighted by atomic mass is 10.2. The maximum Gasteiger partial charge on any atom is 0.258 e. The molecule has 1 amide bonds. The Balaban J connectivity index is 1.64. The highest BCUT2D eigenvalue weighted by Gasteiger charge is 2.24. The van der Waals surface area contributed by atoms with Crippen LogP contribution >= 0.6 is 0 Å². The van der Waals surface area contributed by atoms with Crippen molar-refractivity contribution in [3.05, 3.63) is 70.0 Å². The van der Waals surface area contributed by atoms with Crippen molar-refractivity contribution in [2.75, 3.05) is 13.2 Å². The first-order valence-electron chi connectivity index (χ1n) is 9.41. The van der Waals surface area contributed by atoms with E-state index in [-0.39, 0.29) is 24.1 Å². The normalized spacial score (nSPS) is 16.4. The zero-order valence-corrected chi connectivity index (χ0v) is 15.7. The Kier molecular flexibility index (Phi) is 5.16. The van der Waals surface area contributed by atoms with Crippen LogP contribution in [0.2, 0.25) is 0 Å². The molecule has 28 heavy (non-hydrogen) atoms. The van der Waals surface area contributed by atoms with Gasteiger partial charge < -0.3 is 14.6 Å². The van der Waals surface area contributed by atoms with Gasteiger partial charge >= 0.3 is 0 Å². The third kappa shape index (κ3) is 3.94. The summed E-state index contributed by atoms with van der Waals surface area (Å²) >= 11 is 0. The SMILES string of the molecule is Cc1ccc(C(=O)N(Cc2nc3ccccc3c(=O)[nH]2)CC2CCCO2)cn1. The summed E-state index contributed by atoms with van der Waals surface area (Å²) in [5, 5.41) is 0.533. The number of benzene rings is 1. The summed E-state index contributed by atoms with van der Waals surface area (Å²) < 4.78 is 5.72. The van der Waals surface area contributed by atoms with Gasteiger partial charge in [-0.05, 0) is 44.0 Å². The second kappa shape index (κ2) is 7.90. The van der Waals surface area contributed by atoms with Crippen LogP contribution in [0.25, 0.3) is 10.9 Å². The number of aromatic nitrogens is 3. The number of aromatic amines is 1. The van der Waals surface area contributed by atoms with Gasteiger partial charge in [0, 0.05) is 25.0 Å². The van der Waals surface area contributed by atoms with Crippen LogP contribution in [0.3, 0.4) is 0 Å². The first kappa shape index (κ1) is 18.3. The van der Waals surface area contributed by atoms with E-state index < -0.39 is 0 Å². The second-order valence-electron chi connectivity index (χ2n) is 7.04. The molecule has 1 N–H and O–H groups in total. The fourth-order valence-electron chi connectivity index (χ4n) is 3.42. The summed E-state index contributed by atoms with van der Waals surface area (Å²) in [5.41, 5.74) is 1.76. The highest BCUT2D eigenvalue weighted by atomic mass is 16.5. The minimum absolute atomic E-state index is 0.00506. The van der Waals surface area contributed by atoms with Gasteiger partial charge in [0.2, 0.25) is 0 Å². The van der Waals surface area contributed by atoms with Crippen LogP contribution in [0.1, 0.15) is 34.7 Å². The van der Waals surface area contributed by atoms with Crippen molar-refractivity contribution in [2.45, 2.75) is 32.4 Å². The summed E-state index contributed by atoms with van der Waals surface area (Å²) in [5.74, 6) is 0.300. The summed E-state index contributed by atoms with van der Waals surface area (Å²) in [6.07, 6.45) is 3.48. The monoisotopic (exact) mass is 378 g/mol. The minimum atomic E-state index is -0.206. The number of carbonyl (C=O) groups is 1. The molecule has 1 fully saturated rings. The summed E-state index contributed by atoms with van der Waals surface area (Å²) in [7, 11) is 0. The summed E-state index contributed by atoms with van der Waals surface area (Å²) in [4.78, 5) is 38.7. The topological polar surface area (TPSA) is 88.2 Å². The molecule has 0 saturated carbocycles. The molecule has 4 rings (SSSR count). The standard InChI is InChI=1S/C21H22N4O3/c1-14-8-9-15(11-22-14)21(27)25(12-16-5-4-10-28-16)13-19-23-18-7-3-2-6-17(18)20(26)24-19/h2-3,6-9,11,16H,4-5,10,12-13H2,1H3,(H,23,24,26). The molecule has 2 aromatic heterocycles. The van der Waals surface area contributed by atoms with Gasteiger partial charge in [0.25, 0.3) is 11.5 Å². The van der Waals surface area contributed by atoms with Crippen LogP contribution in [-0.4, -0.2) is 45.0 Å². The van der Waals surface area contributed by atoms with Crippen LogP contribution < -0.4 is 5.56 Å². The minimum Gasteiger partial charge on any atom is -0.376 e. The number of hydrogen-bond donors (Lipinski definition) is 1. The lowest BCUT2D eigenvalue weighted by Crippen LogP contribution is -2.38. The largest absolute Gasteiger partial charge is 0.376 e. The van der Waals surface area contributed by atoms with Gasteiger partial charge in [-0.25, -0.2) is 4.98 Å². The molecule has 1 aromatic carbocycles. The van der Waals surface area contributed by atoms with Crippen molar-refractivity contribution in [2.24, 2.45) is 0 Å². The highest BCUT2D eigenvalue weighted by Crippen LogP contribution is 2.17. The molecule has 1 aliphatic heterocycles. The van der Waals surface area contributed by atoms with E-state index in [2.05, 4.69) is 15.0 Å². The number of hydrogen-bond acceptors (Lipinski definition) is 5. The molecule has 1 unspecified atom stereocenters. The fraction of sp³-hybridized carbons (Fsp3) is 0.333. The van der Waals surface area contributed by atoms with Crippen molar-refractivity contribution in [1.29, 1.82) is 0 Å². The molecular formula is C21H22N4O3. The van der Waals surface area contributed by atoms with E-state index in [0.717, 1.165) is 18.5 Å². The summed E-state index contributed by atoms with van der Waals surface area (Å²) in [6.45, 7) is 3.24. The molecule has 3 heterocycles. The molecule has 3 aromatic rings. The average Bonchev–Trinajstić information content (AvgIpc) is 3.21. The number of H-pyrrole nitrogens is 1. The van der Waals surface area contributed by atoms with Crippen LogP contribution in [0.5, 0.6) is 0 Å². The quantitative estimate of drug-likeness (QED) is 0.737. The number of para-hydroxylation sites is 1. The Morgan fingerprint density at radius 3 is 2.89 bits per heavy atom. The van der Waals surface area contributed by atoms with Crippen molar-refractivity contribution < 1.29 is 9.53 Å². The molecule has 1 aliphatic rings. The third-order valence-corrected chi connectivity index (χ3v) is 4.90. The predicted octanol–water partition coefficient (Wildman–Crippen LogP) is 2.45. The Hall–Kier alpha value is -3.06. The van der Waals surface area contributed by atoms with Crippen LogP contribution in [-0.2, 0) is 11.3 Å². The van der Waals surface area contributed by atoms with Crippen molar-refractivity contribution >= 4 is 16.8 Å².